The molecule has 0 saturated heterocycles. The molecule has 0 radical (unpaired) electrons. The van der Waals surface area contributed by atoms with E-state index in [0.29, 0.717) is 16.1 Å². The SMILES string of the molecule is O=C(NN=C1CCCCC1)c1ccc(CN2c3cccc4cccc(c34)S2(=O)=O)cc1. The van der Waals surface area contributed by atoms with Crippen LogP contribution < -0.4 is 9.73 Å². The standard InChI is InChI=1S/C24H23N3O3S/c28-24(26-25-20-8-2-1-3-9-20)19-14-12-17(13-15-19)16-27-21-10-4-6-18-7-5-11-22(23(18)21)31(27,29)30/h4-7,10-15H,1-3,8-9,16H2,(H,26,28). The minimum absolute atomic E-state index is 0.209. The van der Waals surface area contributed by atoms with Gasteiger partial charge in [0.25, 0.3) is 15.9 Å². The molecule has 1 aliphatic heterocycles. The zero-order valence-corrected chi connectivity index (χ0v) is 17.9. The van der Waals surface area contributed by atoms with Gasteiger partial charge in [0.15, 0.2) is 0 Å². The highest BCUT2D eigenvalue weighted by Crippen LogP contribution is 2.42. The molecule has 158 valence electrons. The Balaban J connectivity index is 1.34. The molecule has 0 bridgehead atoms. The van der Waals surface area contributed by atoms with Gasteiger partial charge in [-0.25, -0.2) is 13.8 Å². The van der Waals surface area contributed by atoms with Crippen LogP contribution in [-0.2, 0) is 16.6 Å². The molecule has 0 unspecified atom stereocenters. The number of hydrogen-bond acceptors (Lipinski definition) is 4. The van der Waals surface area contributed by atoms with Crippen LogP contribution >= 0.6 is 0 Å². The number of hydrazone groups is 1. The van der Waals surface area contributed by atoms with Gasteiger partial charge in [0.05, 0.1) is 17.1 Å². The van der Waals surface area contributed by atoms with E-state index in [1.165, 1.54) is 10.7 Å². The molecule has 1 heterocycles. The van der Waals surface area contributed by atoms with Crippen molar-refractivity contribution in [3.63, 3.8) is 0 Å². The predicted octanol–water partition coefficient (Wildman–Crippen LogP) is 4.60. The van der Waals surface area contributed by atoms with E-state index in [-0.39, 0.29) is 12.5 Å². The van der Waals surface area contributed by atoms with Crippen LogP contribution in [0.25, 0.3) is 10.8 Å². The summed E-state index contributed by atoms with van der Waals surface area (Å²) in [5.41, 5.74) is 5.69. The van der Waals surface area contributed by atoms with Gasteiger partial charge in [-0.15, -0.1) is 0 Å². The first kappa shape index (κ1) is 19.8. The summed E-state index contributed by atoms with van der Waals surface area (Å²) in [6.07, 6.45) is 5.36. The summed E-state index contributed by atoms with van der Waals surface area (Å²) in [5.74, 6) is -0.254. The molecule has 3 aromatic carbocycles. The molecular formula is C24H23N3O3S. The van der Waals surface area contributed by atoms with Gasteiger partial charge in [-0.2, -0.15) is 5.10 Å². The van der Waals surface area contributed by atoms with Gasteiger partial charge in [0.2, 0.25) is 0 Å². The molecular weight excluding hydrogens is 410 g/mol. The Morgan fingerprint density at radius 2 is 1.65 bits per heavy atom. The molecule has 1 N–H and O–H groups in total. The molecule has 0 atom stereocenters. The average Bonchev–Trinajstić information content (AvgIpc) is 3.02. The van der Waals surface area contributed by atoms with Crippen LogP contribution in [0.4, 0.5) is 5.69 Å². The molecule has 31 heavy (non-hydrogen) atoms. The van der Waals surface area contributed by atoms with Crippen molar-refractivity contribution in [2.24, 2.45) is 5.10 Å². The summed E-state index contributed by atoms with van der Waals surface area (Å²) in [6, 6.07) is 18.0. The summed E-state index contributed by atoms with van der Waals surface area (Å²) in [4.78, 5) is 12.7. The smallest absolute Gasteiger partial charge is 0.267 e. The predicted molar refractivity (Wildman–Crippen MR) is 122 cm³/mol. The fourth-order valence-electron chi connectivity index (χ4n) is 4.32. The molecule has 3 aromatic rings. The van der Waals surface area contributed by atoms with E-state index in [1.807, 2.05) is 24.3 Å². The number of anilines is 1. The van der Waals surface area contributed by atoms with Gasteiger partial charge in [-0.1, -0.05) is 42.8 Å². The Kier molecular flexibility index (Phi) is 4.98. The molecule has 1 fully saturated rings. The van der Waals surface area contributed by atoms with Crippen LogP contribution in [0.2, 0.25) is 0 Å². The van der Waals surface area contributed by atoms with Gasteiger partial charge in [-0.3, -0.25) is 9.10 Å². The molecule has 2 aliphatic rings. The second-order valence-corrected chi connectivity index (χ2v) is 9.85. The lowest BCUT2D eigenvalue weighted by Gasteiger charge is -2.19. The van der Waals surface area contributed by atoms with Crippen molar-refractivity contribution in [2.75, 3.05) is 4.31 Å². The number of hydrogen-bond donors (Lipinski definition) is 1. The molecule has 1 amide bonds. The van der Waals surface area contributed by atoms with E-state index in [0.717, 1.165) is 47.7 Å². The summed E-state index contributed by atoms with van der Waals surface area (Å²) < 4.78 is 27.7. The fourth-order valence-corrected chi connectivity index (χ4v) is 6.02. The maximum absolute atomic E-state index is 13.1. The molecule has 1 saturated carbocycles. The third-order valence-electron chi connectivity index (χ3n) is 5.97. The van der Waals surface area contributed by atoms with E-state index >= 15 is 0 Å². The van der Waals surface area contributed by atoms with Crippen molar-refractivity contribution in [3.05, 3.63) is 71.8 Å². The Hall–Kier alpha value is -3.19. The summed E-state index contributed by atoms with van der Waals surface area (Å²) in [5, 5.41) is 5.93. The van der Waals surface area contributed by atoms with Gasteiger partial charge in [0, 0.05) is 16.7 Å². The summed E-state index contributed by atoms with van der Waals surface area (Å²) >= 11 is 0. The Morgan fingerprint density at radius 3 is 2.39 bits per heavy atom. The van der Waals surface area contributed by atoms with Gasteiger partial charge >= 0.3 is 0 Å². The maximum Gasteiger partial charge on any atom is 0.271 e. The number of amides is 1. The van der Waals surface area contributed by atoms with Gasteiger partial charge in [-0.05, 0) is 60.9 Å². The molecule has 6 nitrogen and oxygen atoms in total. The van der Waals surface area contributed by atoms with Gasteiger partial charge in [0.1, 0.15) is 0 Å². The zero-order valence-electron chi connectivity index (χ0n) is 17.0. The first-order valence-corrected chi connectivity index (χ1v) is 12.0. The highest BCUT2D eigenvalue weighted by molar-refractivity contribution is 7.93. The molecule has 5 rings (SSSR count). The van der Waals surface area contributed by atoms with Crippen LogP contribution in [0, 0.1) is 0 Å². The van der Waals surface area contributed by atoms with Crippen LogP contribution in [0.5, 0.6) is 0 Å². The Morgan fingerprint density at radius 1 is 0.935 bits per heavy atom. The number of carbonyl (C=O) groups excluding carboxylic acids is 1. The number of benzene rings is 3. The van der Waals surface area contributed by atoms with Crippen molar-refractivity contribution >= 4 is 38.1 Å². The number of rotatable bonds is 4. The summed E-state index contributed by atoms with van der Waals surface area (Å²) in [6.45, 7) is 0.209. The van der Waals surface area contributed by atoms with Crippen LogP contribution in [-0.4, -0.2) is 20.0 Å². The van der Waals surface area contributed by atoms with E-state index in [2.05, 4.69) is 10.5 Å². The lowest BCUT2D eigenvalue weighted by molar-refractivity contribution is 0.0954. The minimum Gasteiger partial charge on any atom is -0.267 e. The van der Waals surface area contributed by atoms with Crippen LogP contribution in [0.3, 0.4) is 0 Å². The highest BCUT2D eigenvalue weighted by atomic mass is 32.2. The van der Waals surface area contributed by atoms with Crippen molar-refractivity contribution in [3.8, 4) is 0 Å². The number of carbonyl (C=O) groups is 1. The van der Waals surface area contributed by atoms with Crippen molar-refractivity contribution in [1.82, 2.24) is 5.43 Å². The van der Waals surface area contributed by atoms with E-state index in [4.69, 9.17) is 0 Å². The van der Waals surface area contributed by atoms with Crippen molar-refractivity contribution in [2.45, 2.75) is 43.5 Å². The quantitative estimate of drug-likeness (QED) is 0.611. The Labute approximate surface area is 181 Å². The van der Waals surface area contributed by atoms with E-state index in [9.17, 15) is 13.2 Å². The second-order valence-electron chi connectivity index (χ2n) is 8.02. The molecule has 1 aliphatic carbocycles. The first-order valence-electron chi connectivity index (χ1n) is 10.5. The minimum atomic E-state index is -3.61. The third kappa shape index (κ3) is 3.59. The highest BCUT2D eigenvalue weighted by Gasteiger charge is 2.35. The average molecular weight is 434 g/mol. The van der Waals surface area contributed by atoms with Gasteiger partial charge < -0.3 is 0 Å². The monoisotopic (exact) mass is 433 g/mol. The normalized spacial score (nSPS) is 17.0. The molecule has 7 heteroatoms. The molecule has 0 aromatic heterocycles. The Bertz CT molecular complexity index is 1280. The van der Waals surface area contributed by atoms with Crippen LogP contribution in [0.15, 0.2) is 70.7 Å². The number of sulfonamides is 1. The van der Waals surface area contributed by atoms with E-state index in [1.54, 1.807) is 36.4 Å². The van der Waals surface area contributed by atoms with E-state index < -0.39 is 10.0 Å². The lowest BCUT2D eigenvalue weighted by atomic mass is 9.99. The second kappa shape index (κ2) is 7.81. The lowest BCUT2D eigenvalue weighted by Crippen LogP contribution is -2.26. The third-order valence-corrected chi connectivity index (χ3v) is 7.77. The zero-order chi connectivity index (χ0) is 21.4. The first-order chi connectivity index (χ1) is 15.0. The number of nitrogens with one attached hydrogen (secondary N) is 1. The fraction of sp³-hybridized carbons (Fsp3) is 0.250. The topological polar surface area (TPSA) is 78.8 Å². The largest absolute Gasteiger partial charge is 0.271 e. The maximum atomic E-state index is 13.1. The summed E-state index contributed by atoms with van der Waals surface area (Å²) in [7, 11) is -3.61. The molecule has 0 spiro atoms. The number of nitrogens with zero attached hydrogens (tertiary/aromatic N) is 2. The van der Waals surface area contributed by atoms with Crippen LogP contribution in [0.1, 0.15) is 48.0 Å². The van der Waals surface area contributed by atoms with Crippen molar-refractivity contribution < 1.29 is 13.2 Å². The van der Waals surface area contributed by atoms with Crippen molar-refractivity contribution in [1.29, 1.82) is 0 Å².